The summed E-state index contributed by atoms with van der Waals surface area (Å²) in [6, 6.07) is 17.0. The van der Waals surface area contributed by atoms with Gasteiger partial charge in [0.2, 0.25) is 0 Å². The molecule has 2 aromatic carbocycles. The Morgan fingerprint density at radius 2 is 1.60 bits per heavy atom. The van der Waals surface area contributed by atoms with Gasteiger partial charge in [0, 0.05) is 17.5 Å². The van der Waals surface area contributed by atoms with Crippen LogP contribution in [0.3, 0.4) is 0 Å². The number of hydrogen-bond donors (Lipinski definition) is 3. The van der Waals surface area contributed by atoms with Crippen molar-refractivity contribution in [3.8, 4) is 11.8 Å². The van der Waals surface area contributed by atoms with E-state index in [2.05, 4.69) is 16.0 Å². The normalized spacial score (nSPS) is 10.7. The van der Waals surface area contributed by atoms with E-state index in [9.17, 15) is 19.6 Å². The van der Waals surface area contributed by atoms with Crippen molar-refractivity contribution in [3.63, 3.8) is 0 Å². The van der Waals surface area contributed by atoms with E-state index in [0.717, 1.165) is 11.1 Å². The molecule has 0 spiro atoms. The van der Waals surface area contributed by atoms with Gasteiger partial charge in [0.15, 0.2) is 0 Å². The van der Waals surface area contributed by atoms with Crippen molar-refractivity contribution in [3.05, 3.63) is 82.8 Å². The number of nitrogens with zero attached hydrogens (tertiary/aromatic N) is 1. The summed E-state index contributed by atoms with van der Waals surface area (Å²) in [4.78, 5) is 36.7. The Bertz CT molecular complexity index is 1320. The molecule has 0 aliphatic rings. The van der Waals surface area contributed by atoms with Crippen LogP contribution < -0.4 is 20.7 Å². The molecule has 3 aromatic rings. The van der Waals surface area contributed by atoms with Gasteiger partial charge in [-0.05, 0) is 73.5 Å². The first kappa shape index (κ1) is 24.8. The van der Waals surface area contributed by atoms with E-state index >= 15 is 0 Å². The van der Waals surface area contributed by atoms with Crippen LogP contribution in [-0.2, 0) is 20.9 Å². The first-order chi connectivity index (χ1) is 16.8. The minimum atomic E-state index is -0.826. The van der Waals surface area contributed by atoms with Gasteiger partial charge in [-0.15, -0.1) is 0 Å². The highest BCUT2D eigenvalue weighted by Gasteiger charge is 2.15. The van der Waals surface area contributed by atoms with Crippen LogP contribution >= 0.6 is 0 Å². The molecule has 1 heterocycles. The number of aryl methyl sites for hydroxylation is 2. The van der Waals surface area contributed by atoms with E-state index in [0.29, 0.717) is 22.9 Å². The van der Waals surface area contributed by atoms with Crippen molar-refractivity contribution >= 4 is 35.2 Å². The highest BCUT2D eigenvalue weighted by molar-refractivity contribution is 6.39. The number of rotatable bonds is 7. The van der Waals surface area contributed by atoms with E-state index in [1.807, 2.05) is 26.0 Å². The Labute approximate surface area is 202 Å². The molecule has 0 fully saturated rings. The molecule has 0 aliphatic carbocycles. The molecular formula is C26H24N4O5. The van der Waals surface area contributed by atoms with Crippen LogP contribution in [0.5, 0.6) is 5.75 Å². The van der Waals surface area contributed by atoms with Gasteiger partial charge in [-0.2, -0.15) is 5.26 Å². The lowest BCUT2D eigenvalue weighted by molar-refractivity contribution is -0.136. The number of benzene rings is 2. The standard InChI is InChI=1S/C26H24N4O5/c1-16-4-5-20(12-17(16)2)30-26(33)25(32)28-15-23-11-10-22(35-23)13-18(14-27)24(31)29-19-6-8-21(34-3)9-7-19/h4-13H,15H2,1-3H3,(H,28,32)(H,29,31)(H,30,33)/b18-13-. The summed E-state index contributed by atoms with van der Waals surface area (Å²) < 4.78 is 10.6. The number of ether oxygens (including phenoxy) is 1. The number of methoxy groups -OCH3 is 1. The molecule has 35 heavy (non-hydrogen) atoms. The molecule has 3 rings (SSSR count). The largest absolute Gasteiger partial charge is 0.497 e. The molecule has 0 saturated heterocycles. The second kappa shape index (κ2) is 11.3. The van der Waals surface area contributed by atoms with Gasteiger partial charge in [0.05, 0.1) is 13.7 Å². The van der Waals surface area contributed by atoms with E-state index in [-0.39, 0.29) is 17.9 Å². The fourth-order valence-corrected chi connectivity index (χ4v) is 2.99. The highest BCUT2D eigenvalue weighted by atomic mass is 16.5. The highest BCUT2D eigenvalue weighted by Crippen LogP contribution is 2.17. The minimum absolute atomic E-state index is 0.0487. The van der Waals surface area contributed by atoms with Crippen molar-refractivity contribution < 1.29 is 23.5 Å². The Morgan fingerprint density at radius 1 is 0.914 bits per heavy atom. The zero-order chi connectivity index (χ0) is 25.4. The lowest BCUT2D eigenvalue weighted by atomic mass is 10.1. The van der Waals surface area contributed by atoms with E-state index < -0.39 is 17.7 Å². The van der Waals surface area contributed by atoms with Gasteiger partial charge in [-0.3, -0.25) is 14.4 Å². The van der Waals surface area contributed by atoms with Crippen molar-refractivity contribution in [2.24, 2.45) is 0 Å². The fraction of sp³-hybridized carbons (Fsp3) is 0.154. The summed E-state index contributed by atoms with van der Waals surface area (Å²) in [5.74, 6) is -1.01. The topological polar surface area (TPSA) is 133 Å². The predicted octanol–water partition coefficient (Wildman–Crippen LogP) is 3.71. The monoisotopic (exact) mass is 472 g/mol. The van der Waals surface area contributed by atoms with Crippen LogP contribution in [0.2, 0.25) is 0 Å². The number of nitrogens with one attached hydrogen (secondary N) is 3. The molecule has 3 N–H and O–H groups in total. The second-order valence-corrected chi connectivity index (χ2v) is 7.59. The smallest absolute Gasteiger partial charge is 0.313 e. The number of anilines is 2. The summed E-state index contributed by atoms with van der Waals surface area (Å²) >= 11 is 0. The van der Waals surface area contributed by atoms with Crippen LogP contribution in [0.25, 0.3) is 6.08 Å². The maximum absolute atomic E-state index is 12.4. The molecule has 0 bridgehead atoms. The Hall–Kier alpha value is -4.84. The van der Waals surface area contributed by atoms with E-state index in [1.54, 1.807) is 48.5 Å². The number of amides is 3. The second-order valence-electron chi connectivity index (χ2n) is 7.59. The lowest BCUT2D eigenvalue weighted by Crippen LogP contribution is -2.34. The maximum Gasteiger partial charge on any atom is 0.313 e. The van der Waals surface area contributed by atoms with Gasteiger partial charge >= 0.3 is 11.8 Å². The SMILES string of the molecule is COc1ccc(NC(=O)/C(C#N)=C\c2ccc(CNC(=O)C(=O)Nc3ccc(C)c(C)c3)o2)cc1. The molecule has 178 valence electrons. The molecule has 9 nitrogen and oxygen atoms in total. The third-order valence-corrected chi connectivity index (χ3v) is 5.08. The van der Waals surface area contributed by atoms with Crippen LogP contribution in [0, 0.1) is 25.2 Å². The van der Waals surface area contributed by atoms with Gasteiger partial charge in [-0.1, -0.05) is 6.07 Å². The third kappa shape index (κ3) is 6.82. The van der Waals surface area contributed by atoms with Crippen LogP contribution in [0.4, 0.5) is 11.4 Å². The van der Waals surface area contributed by atoms with Crippen molar-refractivity contribution in [2.45, 2.75) is 20.4 Å². The van der Waals surface area contributed by atoms with Crippen molar-refractivity contribution in [1.82, 2.24) is 5.32 Å². The third-order valence-electron chi connectivity index (χ3n) is 5.08. The first-order valence-corrected chi connectivity index (χ1v) is 10.6. The average molecular weight is 473 g/mol. The summed E-state index contributed by atoms with van der Waals surface area (Å²) in [6.45, 7) is 3.81. The number of carbonyl (C=O) groups excluding carboxylic acids is 3. The molecule has 0 atom stereocenters. The molecule has 0 radical (unpaired) electrons. The van der Waals surface area contributed by atoms with Crippen molar-refractivity contribution in [2.75, 3.05) is 17.7 Å². The summed E-state index contributed by atoms with van der Waals surface area (Å²) in [6.07, 6.45) is 1.29. The van der Waals surface area contributed by atoms with E-state index in [4.69, 9.17) is 9.15 Å². The molecule has 3 amide bonds. The minimum Gasteiger partial charge on any atom is -0.497 e. The zero-order valence-corrected chi connectivity index (χ0v) is 19.5. The number of carbonyl (C=O) groups is 3. The number of furan rings is 1. The Morgan fingerprint density at radius 3 is 2.26 bits per heavy atom. The summed E-state index contributed by atoms with van der Waals surface area (Å²) in [5, 5.41) is 17.0. The molecule has 0 saturated carbocycles. The van der Waals surface area contributed by atoms with Crippen LogP contribution in [-0.4, -0.2) is 24.8 Å². The van der Waals surface area contributed by atoms with Gasteiger partial charge in [-0.25, -0.2) is 0 Å². The van der Waals surface area contributed by atoms with Crippen molar-refractivity contribution in [1.29, 1.82) is 5.26 Å². The van der Waals surface area contributed by atoms with E-state index in [1.165, 1.54) is 13.2 Å². The molecule has 0 unspecified atom stereocenters. The average Bonchev–Trinajstić information content (AvgIpc) is 3.31. The quantitative estimate of drug-likeness (QED) is 0.273. The molecule has 9 heteroatoms. The molecule has 1 aromatic heterocycles. The lowest BCUT2D eigenvalue weighted by Gasteiger charge is -2.07. The van der Waals surface area contributed by atoms with Gasteiger partial charge in [0.1, 0.15) is 28.9 Å². The fourth-order valence-electron chi connectivity index (χ4n) is 2.99. The van der Waals surface area contributed by atoms with Gasteiger partial charge in [0.25, 0.3) is 5.91 Å². The Balaban J connectivity index is 1.56. The number of hydrogen-bond acceptors (Lipinski definition) is 6. The summed E-state index contributed by atoms with van der Waals surface area (Å²) in [5.41, 5.74) is 2.93. The zero-order valence-electron chi connectivity index (χ0n) is 19.5. The van der Waals surface area contributed by atoms with Crippen LogP contribution in [0.15, 0.2) is 64.6 Å². The number of nitriles is 1. The maximum atomic E-state index is 12.4. The predicted molar refractivity (Wildman–Crippen MR) is 130 cm³/mol. The molecular weight excluding hydrogens is 448 g/mol. The molecule has 0 aliphatic heterocycles. The summed E-state index contributed by atoms with van der Waals surface area (Å²) in [7, 11) is 1.54. The first-order valence-electron chi connectivity index (χ1n) is 10.6. The van der Waals surface area contributed by atoms with Crippen LogP contribution in [0.1, 0.15) is 22.6 Å². The Kier molecular flexibility index (Phi) is 8.03. The van der Waals surface area contributed by atoms with Gasteiger partial charge < -0.3 is 25.1 Å².